The van der Waals surface area contributed by atoms with Crippen molar-refractivity contribution in [3.63, 3.8) is 0 Å². The molecule has 1 aromatic carbocycles. The van der Waals surface area contributed by atoms with Gasteiger partial charge in [-0.25, -0.2) is 9.18 Å². The Morgan fingerprint density at radius 2 is 2.15 bits per heavy atom. The van der Waals surface area contributed by atoms with E-state index in [1.165, 1.54) is 12.1 Å². The molecule has 0 aliphatic carbocycles. The molecule has 0 saturated heterocycles. The number of carboxylic acids is 1. The predicted octanol–water partition coefficient (Wildman–Crippen LogP) is 1.25. The highest BCUT2D eigenvalue weighted by molar-refractivity contribution is 5.73. The lowest BCUT2D eigenvalue weighted by Crippen LogP contribution is -2.10. The zero-order chi connectivity index (χ0) is 10.0. The summed E-state index contributed by atoms with van der Waals surface area (Å²) in [6.07, 6.45) is -1.66. The van der Waals surface area contributed by atoms with Crippen LogP contribution >= 0.6 is 0 Å². The summed E-state index contributed by atoms with van der Waals surface area (Å²) in [5, 5.41) is 17.5. The number of aliphatic hydroxyl groups excluding tert-OH is 1. The molecular formula is C9H9FO3. The first-order valence-electron chi connectivity index (χ1n) is 3.69. The Bertz CT molecular complexity index is 336. The van der Waals surface area contributed by atoms with Crippen LogP contribution in [0.4, 0.5) is 4.39 Å². The lowest BCUT2D eigenvalue weighted by Gasteiger charge is -2.06. The maximum absolute atomic E-state index is 12.9. The van der Waals surface area contributed by atoms with Gasteiger partial charge in [0.2, 0.25) is 0 Å². The highest BCUT2D eigenvalue weighted by Gasteiger charge is 2.16. The fourth-order valence-electron chi connectivity index (χ4n) is 0.922. The van der Waals surface area contributed by atoms with Crippen molar-refractivity contribution in [3.8, 4) is 0 Å². The fourth-order valence-corrected chi connectivity index (χ4v) is 0.922. The predicted molar refractivity (Wildman–Crippen MR) is 43.7 cm³/mol. The average Bonchev–Trinajstić information content (AvgIpc) is 2.08. The highest BCUT2D eigenvalue weighted by Crippen LogP contribution is 2.16. The second-order valence-corrected chi connectivity index (χ2v) is 2.75. The molecule has 3 nitrogen and oxygen atoms in total. The molecule has 1 aromatic rings. The Balaban J connectivity index is 3.03. The van der Waals surface area contributed by atoms with Crippen LogP contribution < -0.4 is 0 Å². The lowest BCUT2D eigenvalue weighted by atomic mass is 10.1. The van der Waals surface area contributed by atoms with Gasteiger partial charge in [-0.15, -0.1) is 0 Å². The first-order chi connectivity index (χ1) is 6.02. The van der Waals surface area contributed by atoms with Crippen LogP contribution in [0, 0.1) is 12.7 Å². The van der Waals surface area contributed by atoms with Crippen molar-refractivity contribution in [1.29, 1.82) is 0 Å². The number of hydrogen-bond donors (Lipinski definition) is 2. The van der Waals surface area contributed by atoms with E-state index in [1.807, 2.05) is 0 Å². The van der Waals surface area contributed by atoms with Gasteiger partial charge in [0.25, 0.3) is 0 Å². The van der Waals surface area contributed by atoms with E-state index < -0.39 is 17.9 Å². The minimum Gasteiger partial charge on any atom is -0.479 e. The molecule has 0 aromatic heterocycles. The third-order valence-electron chi connectivity index (χ3n) is 1.75. The van der Waals surface area contributed by atoms with Crippen molar-refractivity contribution in [1.82, 2.24) is 0 Å². The van der Waals surface area contributed by atoms with E-state index in [-0.39, 0.29) is 5.56 Å². The summed E-state index contributed by atoms with van der Waals surface area (Å²) in [7, 11) is 0. The van der Waals surface area contributed by atoms with E-state index in [0.29, 0.717) is 5.56 Å². The number of hydrogen-bond acceptors (Lipinski definition) is 2. The molecule has 0 fully saturated rings. The van der Waals surface area contributed by atoms with Gasteiger partial charge in [0.1, 0.15) is 5.82 Å². The van der Waals surface area contributed by atoms with Gasteiger partial charge in [0, 0.05) is 0 Å². The molecule has 1 atom stereocenters. The van der Waals surface area contributed by atoms with Crippen LogP contribution in [0.1, 0.15) is 17.2 Å². The van der Waals surface area contributed by atoms with Crippen LogP contribution in [0.5, 0.6) is 0 Å². The third kappa shape index (κ3) is 2.03. The van der Waals surface area contributed by atoms with Crippen molar-refractivity contribution in [2.75, 3.05) is 0 Å². The maximum atomic E-state index is 12.9. The summed E-state index contributed by atoms with van der Waals surface area (Å²) in [4.78, 5) is 10.3. The Hall–Kier alpha value is -1.42. The molecule has 0 saturated carbocycles. The Kier molecular flexibility index (Phi) is 2.63. The second kappa shape index (κ2) is 3.53. The number of carbonyl (C=O) groups is 1. The van der Waals surface area contributed by atoms with Gasteiger partial charge in [-0.2, -0.15) is 0 Å². The summed E-state index contributed by atoms with van der Waals surface area (Å²) in [6, 6.07) is 3.84. The van der Waals surface area contributed by atoms with E-state index in [9.17, 15) is 9.18 Å². The summed E-state index contributed by atoms with van der Waals surface area (Å²) >= 11 is 0. The van der Waals surface area contributed by atoms with Gasteiger partial charge in [0.15, 0.2) is 6.10 Å². The quantitative estimate of drug-likeness (QED) is 0.727. The van der Waals surface area contributed by atoms with Crippen molar-refractivity contribution in [3.05, 3.63) is 35.1 Å². The molecule has 0 amide bonds. The van der Waals surface area contributed by atoms with Gasteiger partial charge in [0.05, 0.1) is 0 Å². The molecule has 13 heavy (non-hydrogen) atoms. The van der Waals surface area contributed by atoms with Gasteiger partial charge >= 0.3 is 5.97 Å². The van der Waals surface area contributed by atoms with E-state index in [0.717, 1.165) is 6.07 Å². The van der Waals surface area contributed by atoms with Crippen molar-refractivity contribution in [2.24, 2.45) is 0 Å². The topological polar surface area (TPSA) is 57.5 Å². The first-order valence-corrected chi connectivity index (χ1v) is 3.69. The molecule has 2 N–H and O–H groups in total. The minimum atomic E-state index is -1.66. The molecule has 0 radical (unpaired) electrons. The van der Waals surface area contributed by atoms with Gasteiger partial charge < -0.3 is 10.2 Å². The molecule has 0 aliphatic rings. The average molecular weight is 184 g/mol. The molecule has 0 aliphatic heterocycles. The third-order valence-corrected chi connectivity index (χ3v) is 1.75. The largest absolute Gasteiger partial charge is 0.479 e. The van der Waals surface area contributed by atoms with E-state index in [4.69, 9.17) is 10.2 Å². The number of aliphatic hydroxyl groups is 1. The van der Waals surface area contributed by atoms with Crippen LogP contribution in [-0.4, -0.2) is 16.2 Å². The zero-order valence-electron chi connectivity index (χ0n) is 6.99. The first kappa shape index (κ1) is 9.67. The molecule has 0 spiro atoms. The molecule has 70 valence electrons. The zero-order valence-corrected chi connectivity index (χ0v) is 6.99. The molecule has 0 heterocycles. The Labute approximate surface area is 74.4 Å². The van der Waals surface area contributed by atoms with Crippen molar-refractivity contribution in [2.45, 2.75) is 13.0 Å². The molecule has 1 unspecified atom stereocenters. The van der Waals surface area contributed by atoms with Crippen LogP contribution in [0.2, 0.25) is 0 Å². The highest BCUT2D eigenvalue weighted by atomic mass is 19.1. The van der Waals surface area contributed by atoms with Gasteiger partial charge in [-0.1, -0.05) is 12.1 Å². The number of aliphatic carboxylic acids is 1. The molecular weight excluding hydrogens is 175 g/mol. The number of rotatable bonds is 2. The molecule has 0 bridgehead atoms. The number of aryl methyl sites for hydroxylation is 1. The van der Waals surface area contributed by atoms with Gasteiger partial charge in [-0.3, -0.25) is 0 Å². The SMILES string of the molecule is Cc1ccc(C(O)C(=O)O)cc1F. The minimum absolute atomic E-state index is 0.0515. The molecule has 1 rings (SSSR count). The maximum Gasteiger partial charge on any atom is 0.337 e. The Morgan fingerprint density at radius 1 is 1.54 bits per heavy atom. The summed E-state index contributed by atoms with van der Waals surface area (Å²) in [5.41, 5.74) is 0.469. The molecule has 4 heteroatoms. The van der Waals surface area contributed by atoms with Crippen LogP contribution in [0.15, 0.2) is 18.2 Å². The van der Waals surface area contributed by atoms with Crippen LogP contribution in [0.25, 0.3) is 0 Å². The second-order valence-electron chi connectivity index (χ2n) is 2.75. The van der Waals surface area contributed by atoms with Crippen molar-refractivity contribution < 1.29 is 19.4 Å². The normalized spacial score (nSPS) is 12.5. The standard InChI is InChI=1S/C9H9FO3/c1-5-2-3-6(4-7(5)10)8(11)9(12)13/h2-4,8,11H,1H3,(H,12,13). The van der Waals surface area contributed by atoms with E-state index in [2.05, 4.69) is 0 Å². The monoisotopic (exact) mass is 184 g/mol. The van der Waals surface area contributed by atoms with Crippen LogP contribution in [0.3, 0.4) is 0 Å². The van der Waals surface area contributed by atoms with E-state index >= 15 is 0 Å². The number of carboxylic acid groups (broad SMARTS) is 1. The fraction of sp³-hybridized carbons (Fsp3) is 0.222. The number of benzene rings is 1. The summed E-state index contributed by atoms with van der Waals surface area (Å²) in [6.45, 7) is 1.56. The van der Waals surface area contributed by atoms with Gasteiger partial charge in [-0.05, 0) is 24.1 Å². The summed E-state index contributed by atoms with van der Waals surface area (Å²) in [5.74, 6) is -1.90. The Morgan fingerprint density at radius 3 is 2.62 bits per heavy atom. The lowest BCUT2D eigenvalue weighted by molar-refractivity contribution is -0.146. The smallest absolute Gasteiger partial charge is 0.337 e. The number of halogens is 1. The van der Waals surface area contributed by atoms with Crippen molar-refractivity contribution >= 4 is 5.97 Å². The van der Waals surface area contributed by atoms with Crippen LogP contribution in [-0.2, 0) is 4.79 Å². The van der Waals surface area contributed by atoms with E-state index in [1.54, 1.807) is 6.92 Å². The summed E-state index contributed by atoms with van der Waals surface area (Å²) < 4.78 is 12.9.